The third kappa shape index (κ3) is 2.06. The van der Waals surface area contributed by atoms with Gasteiger partial charge in [0, 0.05) is 25.4 Å². The van der Waals surface area contributed by atoms with E-state index in [1.165, 1.54) is 5.56 Å². The van der Waals surface area contributed by atoms with Crippen molar-refractivity contribution in [3.63, 3.8) is 0 Å². The molecule has 0 unspecified atom stereocenters. The third-order valence-corrected chi connectivity index (χ3v) is 3.06. The van der Waals surface area contributed by atoms with Crippen LogP contribution in [0.1, 0.15) is 25.3 Å². The number of nitrogens with zero attached hydrogens (tertiary/aromatic N) is 2. The zero-order valence-electron chi connectivity index (χ0n) is 9.49. The summed E-state index contributed by atoms with van der Waals surface area (Å²) in [7, 11) is 1.95. The summed E-state index contributed by atoms with van der Waals surface area (Å²) in [6.07, 6.45) is 6.07. The molecular formula is C11H19N3O. The molecule has 4 heteroatoms. The molecule has 0 spiro atoms. The van der Waals surface area contributed by atoms with Crippen LogP contribution in [0.5, 0.6) is 0 Å². The SMILES string of the molecule is CCOC1(c2cnn(C)c2)CCNCC1. The highest BCUT2D eigenvalue weighted by molar-refractivity contribution is 5.17. The Bertz CT molecular complexity index is 310. The smallest absolute Gasteiger partial charge is 0.0985 e. The molecule has 1 aromatic rings. The molecule has 0 atom stereocenters. The van der Waals surface area contributed by atoms with E-state index in [-0.39, 0.29) is 5.60 Å². The Kier molecular flexibility index (Phi) is 3.07. The van der Waals surface area contributed by atoms with Crippen LogP contribution in [-0.2, 0) is 17.4 Å². The zero-order chi connectivity index (χ0) is 10.7. The summed E-state index contributed by atoms with van der Waals surface area (Å²) in [5.74, 6) is 0. The van der Waals surface area contributed by atoms with Crippen LogP contribution in [0.3, 0.4) is 0 Å². The molecule has 4 nitrogen and oxygen atoms in total. The van der Waals surface area contributed by atoms with Crippen LogP contribution in [0.2, 0.25) is 0 Å². The van der Waals surface area contributed by atoms with Gasteiger partial charge in [0.15, 0.2) is 0 Å². The topological polar surface area (TPSA) is 39.1 Å². The second-order valence-corrected chi connectivity index (χ2v) is 4.08. The van der Waals surface area contributed by atoms with Gasteiger partial charge >= 0.3 is 0 Å². The van der Waals surface area contributed by atoms with Gasteiger partial charge in [-0.1, -0.05) is 0 Å². The minimum absolute atomic E-state index is 0.103. The van der Waals surface area contributed by atoms with Crippen molar-refractivity contribution >= 4 is 0 Å². The Labute approximate surface area is 90.6 Å². The summed E-state index contributed by atoms with van der Waals surface area (Å²) in [6, 6.07) is 0. The molecule has 0 saturated carbocycles. The Balaban J connectivity index is 2.24. The fourth-order valence-electron chi connectivity index (χ4n) is 2.28. The lowest BCUT2D eigenvalue weighted by atomic mass is 9.86. The van der Waals surface area contributed by atoms with E-state index in [9.17, 15) is 0 Å². The van der Waals surface area contributed by atoms with Gasteiger partial charge in [-0.15, -0.1) is 0 Å². The van der Waals surface area contributed by atoms with Crippen molar-refractivity contribution in [1.29, 1.82) is 0 Å². The summed E-state index contributed by atoms with van der Waals surface area (Å²) in [5, 5.41) is 7.60. The average Bonchev–Trinajstić information content (AvgIpc) is 2.67. The van der Waals surface area contributed by atoms with E-state index < -0.39 is 0 Å². The van der Waals surface area contributed by atoms with E-state index in [0.717, 1.165) is 32.5 Å². The van der Waals surface area contributed by atoms with Crippen LogP contribution < -0.4 is 5.32 Å². The first-order valence-corrected chi connectivity index (χ1v) is 5.61. The highest BCUT2D eigenvalue weighted by atomic mass is 16.5. The summed E-state index contributed by atoms with van der Waals surface area (Å²) in [4.78, 5) is 0. The number of aryl methyl sites for hydroxylation is 1. The van der Waals surface area contributed by atoms with E-state index in [1.54, 1.807) is 0 Å². The maximum atomic E-state index is 5.98. The molecule has 1 aromatic heterocycles. The number of ether oxygens (including phenoxy) is 1. The van der Waals surface area contributed by atoms with Gasteiger partial charge in [-0.3, -0.25) is 4.68 Å². The second-order valence-electron chi connectivity index (χ2n) is 4.08. The zero-order valence-corrected chi connectivity index (χ0v) is 9.49. The van der Waals surface area contributed by atoms with Gasteiger partial charge < -0.3 is 10.1 Å². The van der Waals surface area contributed by atoms with Crippen LogP contribution in [-0.4, -0.2) is 29.5 Å². The van der Waals surface area contributed by atoms with Gasteiger partial charge in [-0.05, 0) is 32.9 Å². The van der Waals surface area contributed by atoms with Crippen LogP contribution in [0, 0.1) is 0 Å². The molecule has 0 aliphatic carbocycles. The maximum Gasteiger partial charge on any atom is 0.0985 e. The largest absolute Gasteiger partial charge is 0.370 e. The first-order valence-electron chi connectivity index (χ1n) is 5.61. The highest BCUT2D eigenvalue weighted by Gasteiger charge is 2.35. The fourth-order valence-corrected chi connectivity index (χ4v) is 2.28. The Morgan fingerprint density at radius 3 is 2.80 bits per heavy atom. The molecule has 0 aromatic carbocycles. The first-order chi connectivity index (χ1) is 7.27. The molecule has 1 N–H and O–H groups in total. The van der Waals surface area contributed by atoms with Gasteiger partial charge in [-0.25, -0.2) is 0 Å². The minimum atomic E-state index is -0.103. The predicted molar refractivity (Wildman–Crippen MR) is 58.6 cm³/mol. The quantitative estimate of drug-likeness (QED) is 0.808. The van der Waals surface area contributed by atoms with Crippen molar-refractivity contribution in [2.24, 2.45) is 7.05 Å². The van der Waals surface area contributed by atoms with E-state index >= 15 is 0 Å². The van der Waals surface area contributed by atoms with Crippen LogP contribution >= 0.6 is 0 Å². The monoisotopic (exact) mass is 209 g/mol. The minimum Gasteiger partial charge on any atom is -0.370 e. The normalized spacial score (nSPS) is 20.4. The van der Waals surface area contributed by atoms with Gasteiger partial charge in [-0.2, -0.15) is 5.10 Å². The van der Waals surface area contributed by atoms with Crippen molar-refractivity contribution in [3.05, 3.63) is 18.0 Å². The number of hydrogen-bond donors (Lipinski definition) is 1. The van der Waals surface area contributed by atoms with Crippen molar-refractivity contribution in [1.82, 2.24) is 15.1 Å². The molecule has 84 valence electrons. The molecule has 0 amide bonds. The number of hydrogen-bond acceptors (Lipinski definition) is 3. The number of piperidine rings is 1. The summed E-state index contributed by atoms with van der Waals surface area (Å²) in [6.45, 7) is 4.86. The lowest BCUT2D eigenvalue weighted by Gasteiger charge is -2.36. The third-order valence-electron chi connectivity index (χ3n) is 3.06. The molecule has 1 aliphatic rings. The fraction of sp³-hybridized carbons (Fsp3) is 0.727. The van der Waals surface area contributed by atoms with Gasteiger partial charge in [0.25, 0.3) is 0 Å². The standard InChI is InChI=1S/C11H19N3O/c1-3-15-11(4-6-12-7-5-11)10-8-13-14(2)9-10/h8-9,12H,3-7H2,1-2H3. The maximum absolute atomic E-state index is 5.98. The van der Waals surface area contributed by atoms with Crippen molar-refractivity contribution in [2.45, 2.75) is 25.4 Å². The Hall–Kier alpha value is -0.870. The predicted octanol–water partition coefficient (Wildman–Crippen LogP) is 1.04. The van der Waals surface area contributed by atoms with Gasteiger partial charge in [0.05, 0.1) is 11.8 Å². The molecule has 0 bridgehead atoms. The number of aromatic nitrogens is 2. The molecule has 0 radical (unpaired) electrons. The molecule has 2 heterocycles. The second kappa shape index (κ2) is 4.33. The van der Waals surface area contributed by atoms with Gasteiger partial charge in [0.1, 0.15) is 0 Å². The van der Waals surface area contributed by atoms with E-state index in [0.29, 0.717) is 0 Å². The Morgan fingerprint density at radius 1 is 1.53 bits per heavy atom. The molecule has 1 aliphatic heterocycles. The average molecular weight is 209 g/mol. The lowest BCUT2D eigenvalue weighted by molar-refractivity contribution is -0.0656. The number of rotatable bonds is 3. The van der Waals surface area contributed by atoms with Crippen LogP contribution in [0.4, 0.5) is 0 Å². The van der Waals surface area contributed by atoms with E-state index in [4.69, 9.17) is 4.74 Å². The molecule has 15 heavy (non-hydrogen) atoms. The van der Waals surface area contributed by atoms with Crippen molar-refractivity contribution < 1.29 is 4.74 Å². The summed E-state index contributed by atoms with van der Waals surface area (Å²) in [5.41, 5.74) is 1.11. The molecule has 1 saturated heterocycles. The summed E-state index contributed by atoms with van der Waals surface area (Å²) >= 11 is 0. The van der Waals surface area contributed by atoms with Crippen molar-refractivity contribution in [2.75, 3.05) is 19.7 Å². The summed E-state index contributed by atoms with van der Waals surface area (Å²) < 4.78 is 7.82. The van der Waals surface area contributed by atoms with Crippen LogP contribution in [0.15, 0.2) is 12.4 Å². The van der Waals surface area contributed by atoms with E-state index in [1.807, 2.05) is 17.9 Å². The van der Waals surface area contributed by atoms with Crippen LogP contribution in [0.25, 0.3) is 0 Å². The van der Waals surface area contributed by atoms with Crippen molar-refractivity contribution in [3.8, 4) is 0 Å². The molecule has 2 rings (SSSR count). The number of nitrogens with one attached hydrogen (secondary N) is 1. The molecular weight excluding hydrogens is 190 g/mol. The Morgan fingerprint density at radius 2 is 2.27 bits per heavy atom. The molecule has 1 fully saturated rings. The first kappa shape index (κ1) is 10.6. The van der Waals surface area contributed by atoms with E-state index in [2.05, 4.69) is 23.5 Å². The van der Waals surface area contributed by atoms with Gasteiger partial charge in [0.2, 0.25) is 0 Å². The lowest BCUT2D eigenvalue weighted by Crippen LogP contribution is -2.41. The highest BCUT2D eigenvalue weighted by Crippen LogP contribution is 2.34.